The summed E-state index contributed by atoms with van der Waals surface area (Å²) >= 11 is 0. The summed E-state index contributed by atoms with van der Waals surface area (Å²) in [5.41, 5.74) is 7.13. The van der Waals surface area contributed by atoms with Gasteiger partial charge in [-0.05, 0) is 42.4 Å². The Balaban J connectivity index is 0.00000225. The Bertz CT molecular complexity index is 725. The first kappa shape index (κ1) is 20.2. The van der Waals surface area contributed by atoms with Gasteiger partial charge in [-0.2, -0.15) is 0 Å². The van der Waals surface area contributed by atoms with E-state index in [-0.39, 0.29) is 30.1 Å². The molecule has 1 aromatic carbocycles. The Kier molecular flexibility index (Phi) is 6.48. The van der Waals surface area contributed by atoms with Gasteiger partial charge < -0.3 is 10.5 Å². The molecule has 1 saturated heterocycles. The van der Waals surface area contributed by atoms with Crippen LogP contribution in [0.4, 0.5) is 0 Å². The second-order valence-electron chi connectivity index (χ2n) is 6.78. The van der Waals surface area contributed by atoms with Gasteiger partial charge in [-0.15, -0.1) is 12.4 Å². The molecule has 3 rings (SSSR count). The third-order valence-electron chi connectivity index (χ3n) is 5.21. The molecule has 2 fully saturated rings. The molecule has 3 atom stereocenters. The number of esters is 1. The SMILES string of the molecule is COC(=O)c1cccc(CS(=O)(=O)N2CC3CCCC(N)C3C2)c1.Cl. The van der Waals surface area contributed by atoms with E-state index in [9.17, 15) is 13.2 Å². The number of benzene rings is 1. The normalized spacial score (nSPS) is 26.6. The van der Waals surface area contributed by atoms with Crippen LogP contribution in [0.15, 0.2) is 24.3 Å². The maximum atomic E-state index is 12.8. The van der Waals surface area contributed by atoms with Gasteiger partial charge in [-0.3, -0.25) is 0 Å². The van der Waals surface area contributed by atoms with Crippen LogP contribution in [0.3, 0.4) is 0 Å². The lowest BCUT2D eigenvalue weighted by molar-refractivity contribution is 0.0600. The molecule has 0 spiro atoms. The Morgan fingerprint density at radius 3 is 2.76 bits per heavy atom. The van der Waals surface area contributed by atoms with E-state index in [0.29, 0.717) is 30.1 Å². The van der Waals surface area contributed by atoms with E-state index in [1.165, 1.54) is 7.11 Å². The van der Waals surface area contributed by atoms with Gasteiger partial charge in [0.1, 0.15) is 0 Å². The van der Waals surface area contributed by atoms with Crippen molar-refractivity contribution >= 4 is 28.4 Å². The van der Waals surface area contributed by atoms with Gasteiger partial charge in [0.15, 0.2) is 0 Å². The van der Waals surface area contributed by atoms with E-state index >= 15 is 0 Å². The van der Waals surface area contributed by atoms with Gasteiger partial charge in [0.25, 0.3) is 0 Å². The fraction of sp³-hybridized carbons (Fsp3) is 0.588. The number of nitrogens with two attached hydrogens (primary N) is 1. The third kappa shape index (κ3) is 4.34. The van der Waals surface area contributed by atoms with Crippen molar-refractivity contribution in [2.75, 3.05) is 20.2 Å². The number of fused-ring (bicyclic) bond motifs is 1. The molecule has 2 aliphatic rings. The van der Waals surface area contributed by atoms with Crippen LogP contribution in [0, 0.1) is 11.8 Å². The van der Waals surface area contributed by atoms with Crippen LogP contribution in [0.1, 0.15) is 35.2 Å². The molecule has 0 bridgehead atoms. The number of hydrogen-bond donors (Lipinski definition) is 1. The van der Waals surface area contributed by atoms with Crippen molar-refractivity contribution in [3.05, 3.63) is 35.4 Å². The standard InChI is InChI=1S/C17H24N2O4S.ClH/c1-23-17(20)13-5-2-4-12(8-13)11-24(21,22)19-9-14-6-3-7-16(18)15(14)10-19;/h2,4-5,8,14-16H,3,6-7,9-11,18H2,1H3;1H. The molecule has 1 aromatic rings. The molecule has 1 aliphatic carbocycles. The molecule has 2 N–H and O–H groups in total. The van der Waals surface area contributed by atoms with E-state index in [2.05, 4.69) is 4.74 Å². The summed E-state index contributed by atoms with van der Waals surface area (Å²) in [6.07, 6.45) is 3.12. The number of ether oxygens (including phenoxy) is 1. The van der Waals surface area contributed by atoms with E-state index in [0.717, 1.165) is 19.3 Å². The van der Waals surface area contributed by atoms with E-state index in [4.69, 9.17) is 5.73 Å². The molecule has 1 saturated carbocycles. The van der Waals surface area contributed by atoms with Crippen LogP contribution in [-0.2, 0) is 20.5 Å². The summed E-state index contributed by atoms with van der Waals surface area (Å²) in [4.78, 5) is 11.6. The number of nitrogens with zero attached hydrogens (tertiary/aromatic N) is 1. The maximum Gasteiger partial charge on any atom is 0.337 e. The first-order valence-electron chi connectivity index (χ1n) is 8.31. The lowest BCUT2D eigenvalue weighted by Gasteiger charge is -2.29. The van der Waals surface area contributed by atoms with Crippen molar-refractivity contribution in [3.8, 4) is 0 Å². The molecule has 3 unspecified atom stereocenters. The van der Waals surface area contributed by atoms with E-state index in [1.807, 2.05) is 0 Å². The molecule has 6 nitrogen and oxygen atoms in total. The number of halogens is 1. The zero-order chi connectivity index (χ0) is 17.3. The van der Waals surface area contributed by atoms with Crippen LogP contribution < -0.4 is 5.73 Å². The number of hydrogen-bond acceptors (Lipinski definition) is 5. The van der Waals surface area contributed by atoms with E-state index in [1.54, 1.807) is 28.6 Å². The summed E-state index contributed by atoms with van der Waals surface area (Å²) in [6.45, 7) is 1.09. The first-order valence-corrected chi connectivity index (χ1v) is 9.92. The van der Waals surface area contributed by atoms with Crippen LogP contribution in [0.2, 0.25) is 0 Å². The number of sulfonamides is 1. The number of methoxy groups -OCH3 is 1. The third-order valence-corrected chi connectivity index (χ3v) is 6.99. The fourth-order valence-electron chi connectivity index (χ4n) is 3.91. The summed E-state index contributed by atoms with van der Waals surface area (Å²) in [7, 11) is -2.11. The molecular weight excluding hydrogens is 364 g/mol. The van der Waals surface area contributed by atoms with Crippen molar-refractivity contribution in [2.24, 2.45) is 17.6 Å². The molecule has 1 aliphatic heterocycles. The number of rotatable bonds is 4. The van der Waals surface area contributed by atoms with Crippen molar-refractivity contribution < 1.29 is 17.9 Å². The molecular formula is C17H25ClN2O4S. The zero-order valence-corrected chi connectivity index (χ0v) is 15.9. The topological polar surface area (TPSA) is 89.7 Å². The summed E-state index contributed by atoms with van der Waals surface area (Å²) < 4.78 is 31.8. The highest BCUT2D eigenvalue weighted by atomic mass is 35.5. The molecule has 1 heterocycles. The molecule has 0 radical (unpaired) electrons. The monoisotopic (exact) mass is 388 g/mol. The van der Waals surface area contributed by atoms with Crippen molar-refractivity contribution in [3.63, 3.8) is 0 Å². The number of carbonyl (C=O) groups is 1. The highest BCUT2D eigenvalue weighted by Crippen LogP contribution is 2.37. The number of carbonyl (C=O) groups excluding carboxylic acids is 1. The van der Waals surface area contributed by atoms with Gasteiger partial charge in [-0.1, -0.05) is 18.6 Å². The average molecular weight is 389 g/mol. The Labute approximate surface area is 155 Å². The lowest BCUT2D eigenvalue weighted by Crippen LogP contribution is -2.38. The quantitative estimate of drug-likeness (QED) is 0.794. The zero-order valence-electron chi connectivity index (χ0n) is 14.3. The Hall–Kier alpha value is -1.15. The van der Waals surface area contributed by atoms with Crippen LogP contribution in [0.5, 0.6) is 0 Å². The van der Waals surface area contributed by atoms with Gasteiger partial charge in [0.05, 0.1) is 18.4 Å². The smallest absolute Gasteiger partial charge is 0.337 e. The molecule has 8 heteroatoms. The highest BCUT2D eigenvalue weighted by molar-refractivity contribution is 7.88. The van der Waals surface area contributed by atoms with Crippen LogP contribution in [-0.4, -0.2) is 44.9 Å². The van der Waals surface area contributed by atoms with Crippen LogP contribution in [0.25, 0.3) is 0 Å². The minimum Gasteiger partial charge on any atom is -0.465 e. The lowest BCUT2D eigenvalue weighted by atomic mass is 9.78. The molecule has 0 amide bonds. The maximum absolute atomic E-state index is 12.8. The van der Waals surface area contributed by atoms with Crippen LogP contribution >= 0.6 is 12.4 Å². The van der Waals surface area contributed by atoms with Gasteiger partial charge in [-0.25, -0.2) is 17.5 Å². The predicted octanol–water partition coefficient (Wildman–Crippen LogP) is 1.78. The fourth-order valence-corrected chi connectivity index (χ4v) is 5.51. The molecule has 25 heavy (non-hydrogen) atoms. The Morgan fingerprint density at radius 1 is 1.32 bits per heavy atom. The summed E-state index contributed by atoms with van der Waals surface area (Å²) in [5, 5.41) is 0. The summed E-state index contributed by atoms with van der Waals surface area (Å²) in [5.74, 6) is 0.0826. The second kappa shape index (κ2) is 8.03. The van der Waals surface area contributed by atoms with Gasteiger partial charge >= 0.3 is 5.97 Å². The van der Waals surface area contributed by atoms with Crippen molar-refractivity contribution in [2.45, 2.75) is 31.1 Å². The van der Waals surface area contributed by atoms with Crippen molar-refractivity contribution in [1.29, 1.82) is 0 Å². The minimum absolute atomic E-state index is 0. The highest BCUT2D eigenvalue weighted by Gasteiger charge is 2.42. The van der Waals surface area contributed by atoms with Gasteiger partial charge in [0, 0.05) is 19.1 Å². The average Bonchev–Trinajstić information content (AvgIpc) is 3.00. The minimum atomic E-state index is -3.42. The van der Waals surface area contributed by atoms with Gasteiger partial charge in [0.2, 0.25) is 10.0 Å². The summed E-state index contributed by atoms with van der Waals surface area (Å²) in [6, 6.07) is 6.70. The molecule has 0 aromatic heterocycles. The predicted molar refractivity (Wildman–Crippen MR) is 98.0 cm³/mol. The largest absolute Gasteiger partial charge is 0.465 e. The second-order valence-corrected chi connectivity index (χ2v) is 8.75. The van der Waals surface area contributed by atoms with E-state index < -0.39 is 16.0 Å². The Morgan fingerprint density at radius 2 is 2.08 bits per heavy atom. The van der Waals surface area contributed by atoms with Crippen molar-refractivity contribution in [1.82, 2.24) is 4.31 Å². The first-order chi connectivity index (χ1) is 11.4. The molecule has 140 valence electrons.